The molecule has 6 heteroatoms. The molecular weight excluding hydrogens is 488 g/mol. The molecule has 37 heavy (non-hydrogen) atoms. The van der Waals surface area contributed by atoms with Crippen molar-refractivity contribution in [1.29, 1.82) is 0 Å². The van der Waals surface area contributed by atoms with Crippen LogP contribution in [0.3, 0.4) is 0 Å². The van der Waals surface area contributed by atoms with Gasteiger partial charge in [0.15, 0.2) is 0 Å². The lowest BCUT2D eigenvalue weighted by Crippen LogP contribution is -2.65. The molecule has 4 aliphatic carbocycles. The SMILES string of the molecule is CC(=O)O[C@H]1CC[C@@]23[C@H](OC(C)=O)O[C@H](C[C@H]4[C@H]2CC[C@@]2(C)[C@H]4CC[C@H]2[C@H](C)CCCC(C)C)C3(Cl)C1. The van der Waals surface area contributed by atoms with E-state index in [9.17, 15) is 9.59 Å². The van der Waals surface area contributed by atoms with Gasteiger partial charge in [0.25, 0.3) is 0 Å². The highest BCUT2D eigenvalue weighted by molar-refractivity contribution is 6.25. The highest BCUT2D eigenvalue weighted by Crippen LogP contribution is 2.74. The van der Waals surface area contributed by atoms with Gasteiger partial charge in [0, 0.05) is 20.3 Å². The van der Waals surface area contributed by atoms with Crippen molar-refractivity contribution >= 4 is 23.5 Å². The van der Waals surface area contributed by atoms with E-state index in [2.05, 4.69) is 27.7 Å². The first-order valence-electron chi connectivity index (χ1n) is 15.1. The second-order valence-electron chi connectivity index (χ2n) is 14.1. The molecule has 0 radical (unpaired) electrons. The van der Waals surface area contributed by atoms with Gasteiger partial charge >= 0.3 is 11.9 Å². The maximum absolute atomic E-state index is 12.2. The highest BCUT2D eigenvalue weighted by Gasteiger charge is 2.77. The summed E-state index contributed by atoms with van der Waals surface area (Å²) in [5.41, 5.74) is -0.0422. The lowest BCUT2D eigenvalue weighted by Gasteiger charge is -2.62. The molecule has 210 valence electrons. The van der Waals surface area contributed by atoms with Crippen molar-refractivity contribution in [1.82, 2.24) is 0 Å². The number of alkyl halides is 1. The third-order valence-corrected chi connectivity index (χ3v) is 12.5. The Bertz CT molecular complexity index is 891. The average Bonchev–Trinajstić information content (AvgIpc) is 3.20. The number of carbonyl (C=O) groups excluding carboxylic acids is 2. The van der Waals surface area contributed by atoms with Crippen LogP contribution >= 0.6 is 11.6 Å². The number of fused-ring (bicyclic) bond motifs is 3. The molecule has 1 unspecified atom stereocenters. The topological polar surface area (TPSA) is 61.8 Å². The second-order valence-corrected chi connectivity index (χ2v) is 14.8. The lowest BCUT2D eigenvalue weighted by molar-refractivity contribution is -0.203. The van der Waals surface area contributed by atoms with Crippen molar-refractivity contribution in [2.24, 2.45) is 46.3 Å². The van der Waals surface area contributed by atoms with Crippen LogP contribution in [0.25, 0.3) is 0 Å². The zero-order valence-electron chi connectivity index (χ0n) is 23.9. The van der Waals surface area contributed by atoms with E-state index >= 15 is 0 Å². The van der Waals surface area contributed by atoms with Crippen molar-refractivity contribution in [2.75, 3.05) is 0 Å². The van der Waals surface area contributed by atoms with Crippen molar-refractivity contribution in [3.8, 4) is 0 Å². The van der Waals surface area contributed by atoms with Crippen LogP contribution in [0.15, 0.2) is 0 Å². The number of carbonyl (C=O) groups is 2. The quantitative estimate of drug-likeness (QED) is 0.253. The normalized spacial score (nSPS) is 47.1. The molecule has 0 aromatic heterocycles. The maximum atomic E-state index is 12.2. The van der Waals surface area contributed by atoms with E-state index in [0.717, 1.165) is 43.4 Å². The first kappa shape index (κ1) is 27.7. The fraction of sp³-hybridized carbons (Fsp3) is 0.935. The number of hydrogen-bond donors (Lipinski definition) is 0. The van der Waals surface area contributed by atoms with E-state index in [1.54, 1.807) is 0 Å². The zero-order valence-corrected chi connectivity index (χ0v) is 24.6. The summed E-state index contributed by atoms with van der Waals surface area (Å²) < 4.78 is 18.2. The first-order valence-corrected chi connectivity index (χ1v) is 15.5. The summed E-state index contributed by atoms with van der Waals surface area (Å²) in [5, 5.41) is 0. The number of halogens is 1. The summed E-state index contributed by atoms with van der Waals surface area (Å²) >= 11 is 7.64. The largest absolute Gasteiger partial charge is 0.462 e. The van der Waals surface area contributed by atoms with Crippen LogP contribution in [0.5, 0.6) is 0 Å². The van der Waals surface area contributed by atoms with Gasteiger partial charge in [0.05, 0.1) is 16.4 Å². The average molecular weight is 537 g/mol. The number of rotatable bonds is 7. The minimum absolute atomic E-state index is 0.178. The van der Waals surface area contributed by atoms with Crippen LogP contribution in [0.4, 0.5) is 0 Å². The van der Waals surface area contributed by atoms with Crippen molar-refractivity contribution in [2.45, 2.75) is 136 Å². The van der Waals surface area contributed by atoms with E-state index in [0.29, 0.717) is 29.6 Å². The number of esters is 2. The monoisotopic (exact) mass is 536 g/mol. The molecule has 1 heterocycles. The Hall–Kier alpha value is -0.810. The molecule has 5 fully saturated rings. The second kappa shape index (κ2) is 9.98. The van der Waals surface area contributed by atoms with Gasteiger partial charge in [0.2, 0.25) is 6.29 Å². The molecule has 0 spiro atoms. The Kier molecular flexibility index (Phi) is 7.49. The van der Waals surface area contributed by atoms with E-state index < -0.39 is 16.6 Å². The molecular formula is C31H49ClO5. The van der Waals surface area contributed by atoms with E-state index in [-0.39, 0.29) is 24.1 Å². The molecule has 4 saturated carbocycles. The van der Waals surface area contributed by atoms with Crippen molar-refractivity contribution in [3.63, 3.8) is 0 Å². The molecule has 2 bridgehead atoms. The number of hydrogen-bond acceptors (Lipinski definition) is 5. The van der Waals surface area contributed by atoms with Gasteiger partial charge in [-0.1, -0.05) is 47.0 Å². The minimum Gasteiger partial charge on any atom is -0.462 e. The molecule has 1 aliphatic heterocycles. The Balaban J connectivity index is 1.41. The third-order valence-electron chi connectivity index (χ3n) is 11.8. The Morgan fingerprint density at radius 3 is 2.38 bits per heavy atom. The molecule has 5 nitrogen and oxygen atoms in total. The summed E-state index contributed by atoms with van der Waals surface area (Å²) in [4.78, 5) is 23.3. The summed E-state index contributed by atoms with van der Waals surface area (Å²) in [6.07, 6.45) is 11.0. The molecule has 5 aliphatic rings. The van der Waals surface area contributed by atoms with Crippen LogP contribution in [0.2, 0.25) is 0 Å². The summed E-state index contributed by atoms with van der Waals surface area (Å²) in [6.45, 7) is 12.7. The molecule has 11 atom stereocenters. The van der Waals surface area contributed by atoms with E-state index in [4.69, 9.17) is 25.8 Å². The summed E-state index contributed by atoms with van der Waals surface area (Å²) in [5.74, 6) is 3.37. The Morgan fingerprint density at radius 2 is 1.70 bits per heavy atom. The summed E-state index contributed by atoms with van der Waals surface area (Å²) in [6, 6.07) is 0. The van der Waals surface area contributed by atoms with E-state index in [1.165, 1.54) is 52.4 Å². The van der Waals surface area contributed by atoms with Gasteiger partial charge in [-0.2, -0.15) is 0 Å². The Morgan fingerprint density at radius 1 is 0.973 bits per heavy atom. The minimum atomic E-state index is -0.664. The predicted octanol–water partition coefficient (Wildman–Crippen LogP) is 7.28. The lowest BCUT2D eigenvalue weighted by atomic mass is 9.43. The van der Waals surface area contributed by atoms with Crippen LogP contribution in [-0.4, -0.2) is 35.3 Å². The maximum Gasteiger partial charge on any atom is 0.304 e. The Labute approximate surface area is 229 Å². The van der Waals surface area contributed by atoms with Gasteiger partial charge < -0.3 is 14.2 Å². The molecule has 1 saturated heterocycles. The molecule has 0 N–H and O–H groups in total. The van der Waals surface area contributed by atoms with Gasteiger partial charge in [0.1, 0.15) is 6.10 Å². The third kappa shape index (κ3) is 4.37. The van der Waals surface area contributed by atoms with Crippen LogP contribution in [0, 0.1) is 46.3 Å². The van der Waals surface area contributed by atoms with Gasteiger partial charge in [-0.3, -0.25) is 9.59 Å². The zero-order chi connectivity index (χ0) is 26.8. The molecule has 0 aromatic rings. The fourth-order valence-electron chi connectivity index (χ4n) is 10.4. The van der Waals surface area contributed by atoms with Crippen molar-refractivity contribution in [3.05, 3.63) is 0 Å². The molecule has 5 rings (SSSR count). The first-order chi connectivity index (χ1) is 17.4. The molecule has 0 amide bonds. The van der Waals surface area contributed by atoms with Gasteiger partial charge in [-0.05, 0) is 85.9 Å². The van der Waals surface area contributed by atoms with Gasteiger partial charge in [-0.25, -0.2) is 0 Å². The van der Waals surface area contributed by atoms with Crippen LogP contribution < -0.4 is 0 Å². The van der Waals surface area contributed by atoms with E-state index in [1.807, 2.05) is 0 Å². The molecule has 0 aromatic carbocycles. The predicted molar refractivity (Wildman–Crippen MR) is 144 cm³/mol. The fourth-order valence-corrected chi connectivity index (χ4v) is 11.0. The standard InChI is InChI=1S/C31H49ClO5/c1-18(2)8-7-9-19(3)24-10-11-25-23-16-27-31(32)17-22(35-20(4)33)12-15-30(31,28(37-27)36-21(5)34)26(23)13-14-29(24,25)6/h18-19,22-28H,7-17H2,1-6H3/t19-,22+,23-,24+,25+,26-,27-,28-,29-,30+,31?/m1/s1. The van der Waals surface area contributed by atoms with Gasteiger partial charge in [-0.15, -0.1) is 11.6 Å². The smallest absolute Gasteiger partial charge is 0.304 e. The highest BCUT2D eigenvalue weighted by atomic mass is 35.5. The van der Waals surface area contributed by atoms with Crippen LogP contribution in [0.1, 0.15) is 112 Å². The van der Waals surface area contributed by atoms with Crippen LogP contribution in [-0.2, 0) is 23.8 Å². The summed E-state index contributed by atoms with van der Waals surface area (Å²) in [7, 11) is 0. The number of ether oxygens (including phenoxy) is 3. The van der Waals surface area contributed by atoms with Crippen molar-refractivity contribution < 1.29 is 23.8 Å².